The molecule has 0 saturated carbocycles. The molecule has 0 N–H and O–H groups in total. The first kappa shape index (κ1) is 14.2. The first-order valence-electron chi connectivity index (χ1n) is 8.38. The van der Waals surface area contributed by atoms with Crippen molar-refractivity contribution < 1.29 is 8.98 Å². The second-order valence-corrected chi connectivity index (χ2v) is 6.46. The topological polar surface area (TPSA) is 29.9 Å². The average Bonchev–Trinajstić information content (AvgIpc) is 3.01. The van der Waals surface area contributed by atoms with Crippen molar-refractivity contribution in [1.29, 1.82) is 0 Å². The Balaban J connectivity index is 1.98. The molecular weight excluding hydrogens is 308 g/mol. The minimum Gasteiger partial charge on any atom is -0.453 e. The number of pyridine rings is 2. The predicted molar refractivity (Wildman–Crippen MR) is 100 cm³/mol. The van der Waals surface area contributed by atoms with Crippen LogP contribution in [0.4, 0.5) is 0 Å². The molecule has 0 bridgehead atoms. The molecule has 5 aromatic rings. The van der Waals surface area contributed by atoms with Crippen molar-refractivity contribution in [1.82, 2.24) is 4.98 Å². The Hall–Kier alpha value is -3.20. The van der Waals surface area contributed by atoms with Crippen molar-refractivity contribution in [2.45, 2.75) is 6.92 Å². The Morgan fingerprint density at radius 1 is 0.880 bits per heavy atom. The Morgan fingerprint density at radius 3 is 2.60 bits per heavy atom. The van der Waals surface area contributed by atoms with E-state index >= 15 is 0 Å². The summed E-state index contributed by atoms with van der Waals surface area (Å²) >= 11 is 0. The van der Waals surface area contributed by atoms with Crippen LogP contribution in [0.1, 0.15) is 5.56 Å². The Bertz CT molecular complexity index is 1270. The fourth-order valence-corrected chi connectivity index (χ4v) is 3.61. The summed E-state index contributed by atoms with van der Waals surface area (Å²) in [7, 11) is 2.06. The van der Waals surface area contributed by atoms with E-state index in [4.69, 9.17) is 4.42 Å². The van der Waals surface area contributed by atoms with E-state index in [0.29, 0.717) is 0 Å². The molecule has 0 aliphatic carbocycles. The van der Waals surface area contributed by atoms with Crippen LogP contribution in [0.15, 0.2) is 71.4 Å². The molecule has 3 heterocycles. The van der Waals surface area contributed by atoms with Crippen molar-refractivity contribution in [2.75, 3.05) is 0 Å². The SMILES string of the molecule is Cc1ccc2c(oc3c4ccccc4cnc23)c1-c1cccc[n+]1C. The first-order chi connectivity index (χ1) is 12.2. The molecule has 0 spiro atoms. The van der Waals surface area contributed by atoms with E-state index in [9.17, 15) is 0 Å². The third kappa shape index (κ3) is 1.99. The first-order valence-corrected chi connectivity index (χ1v) is 8.38. The summed E-state index contributed by atoms with van der Waals surface area (Å²) in [6.45, 7) is 2.13. The van der Waals surface area contributed by atoms with Crippen LogP contribution < -0.4 is 4.57 Å². The van der Waals surface area contributed by atoms with Gasteiger partial charge in [-0.2, -0.15) is 0 Å². The minimum atomic E-state index is 0.860. The molecule has 0 aliphatic rings. The molecule has 5 rings (SSSR count). The van der Waals surface area contributed by atoms with Crippen LogP contribution in [0.2, 0.25) is 0 Å². The molecule has 0 atom stereocenters. The van der Waals surface area contributed by atoms with Crippen molar-refractivity contribution in [3.05, 3.63) is 72.6 Å². The van der Waals surface area contributed by atoms with E-state index in [1.807, 2.05) is 24.4 Å². The molecule has 120 valence electrons. The predicted octanol–water partition coefficient (Wildman–Crippen LogP) is 4.93. The number of benzene rings is 2. The zero-order chi connectivity index (χ0) is 17.0. The van der Waals surface area contributed by atoms with Crippen LogP contribution >= 0.6 is 0 Å². The summed E-state index contributed by atoms with van der Waals surface area (Å²) in [5, 5.41) is 3.26. The monoisotopic (exact) mass is 325 g/mol. The maximum atomic E-state index is 6.41. The highest BCUT2D eigenvalue weighted by Crippen LogP contribution is 2.38. The van der Waals surface area contributed by atoms with Gasteiger partial charge in [-0.25, -0.2) is 4.57 Å². The third-order valence-corrected chi connectivity index (χ3v) is 4.89. The van der Waals surface area contributed by atoms with Gasteiger partial charge < -0.3 is 4.42 Å². The van der Waals surface area contributed by atoms with E-state index in [1.165, 1.54) is 5.56 Å². The number of hydrogen-bond acceptors (Lipinski definition) is 2. The molecule has 3 aromatic heterocycles. The van der Waals surface area contributed by atoms with Gasteiger partial charge in [0.05, 0.1) is 5.56 Å². The smallest absolute Gasteiger partial charge is 0.216 e. The van der Waals surface area contributed by atoms with E-state index in [1.54, 1.807) is 0 Å². The largest absolute Gasteiger partial charge is 0.453 e. The fraction of sp³-hybridized carbons (Fsp3) is 0.0909. The van der Waals surface area contributed by atoms with Gasteiger partial charge in [0.2, 0.25) is 5.69 Å². The second-order valence-electron chi connectivity index (χ2n) is 6.46. The van der Waals surface area contributed by atoms with Crippen molar-refractivity contribution in [2.24, 2.45) is 7.05 Å². The van der Waals surface area contributed by atoms with Crippen LogP contribution in [0, 0.1) is 6.92 Å². The highest BCUT2D eigenvalue weighted by atomic mass is 16.3. The molecule has 0 unspecified atom stereocenters. The summed E-state index contributed by atoms with van der Waals surface area (Å²) in [4.78, 5) is 4.68. The van der Waals surface area contributed by atoms with Crippen LogP contribution in [0.5, 0.6) is 0 Å². The van der Waals surface area contributed by atoms with Crippen LogP contribution in [0.25, 0.3) is 44.1 Å². The Morgan fingerprint density at radius 2 is 1.72 bits per heavy atom. The van der Waals surface area contributed by atoms with E-state index in [2.05, 4.69) is 66.1 Å². The summed E-state index contributed by atoms with van der Waals surface area (Å²) in [6.07, 6.45) is 3.98. The van der Waals surface area contributed by atoms with Crippen molar-refractivity contribution in [3.8, 4) is 11.3 Å². The lowest BCUT2D eigenvalue weighted by atomic mass is 10.0. The molecule has 0 radical (unpaired) electrons. The van der Waals surface area contributed by atoms with Gasteiger partial charge in [0.1, 0.15) is 12.6 Å². The van der Waals surface area contributed by atoms with Crippen molar-refractivity contribution in [3.63, 3.8) is 0 Å². The van der Waals surface area contributed by atoms with Crippen LogP contribution in [-0.4, -0.2) is 4.98 Å². The van der Waals surface area contributed by atoms with Gasteiger partial charge in [-0.1, -0.05) is 30.3 Å². The molecule has 3 heteroatoms. The molecule has 0 fully saturated rings. The highest BCUT2D eigenvalue weighted by Gasteiger charge is 2.21. The zero-order valence-electron chi connectivity index (χ0n) is 14.2. The standard InChI is InChI=1S/C22H17N2O/c1-14-10-11-17-20-22(16-8-4-3-7-15(16)13-23-20)25-21(17)19(14)18-9-5-6-12-24(18)2/h3-13H,1-2H3/q+1. The van der Waals surface area contributed by atoms with Gasteiger partial charge in [-0.05, 0) is 24.6 Å². The van der Waals surface area contributed by atoms with Gasteiger partial charge in [0.15, 0.2) is 17.4 Å². The van der Waals surface area contributed by atoms with E-state index in [-0.39, 0.29) is 0 Å². The summed E-state index contributed by atoms with van der Waals surface area (Å²) in [5.74, 6) is 0. The number of furan rings is 1. The van der Waals surface area contributed by atoms with Gasteiger partial charge >= 0.3 is 0 Å². The molecular formula is C22H17N2O+. The summed E-state index contributed by atoms with van der Waals surface area (Å²) < 4.78 is 8.54. The summed E-state index contributed by atoms with van der Waals surface area (Å²) in [6, 6.07) is 18.7. The fourth-order valence-electron chi connectivity index (χ4n) is 3.61. The van der Waals surface area contributed by atoms with E-state index < -0.39 is 0 Å². The van der Waals surface area contributed by atoms with Gasteiger partial charge in [0.25, 0.3) is 0 Å². The average molecular weight is 325 g/mol. The Kier molecular flexibility index (Phi) is 2.92. The molecule has 25 heavy (non-hydrogen) atoms. The molecule has 0 aliphatic heterocycles. The normalized spacial score (nSPS) is 11.6. The summed E-state index contributed by atoms with van der Waals surface area (Å²) in [5.41, 5.74) is 6.14. The number of nitrogens with zero attached hydrogens (tertiary/aromatic N) is 2. The number of fused-ring (bicyclic) bond motifs is 5. The molecule has 0 saturated heterocycles. The molecule has 2 aromatic carbocycles. The third-order valence-electron chi connectivity index (χ3n) is 4.89. The van der Waals surface area contributed by atoms with Crippen LogP contribution in [-0.2, 0) is 7.05 Å². The molecule has 3 nitrogen and oxygen atoms in total. The number of rotatable bonds is 1. The highest BCUT2D eigenvalue weighted by molar-refractivity contribution is 6.15. The zero-order valence-corrected chi connectivity index (χ0v) is 14.2. The lowest BCUT2D eigenvalue weighted by molar-refractivity contribution is -0.660. The van der Waals surface area contributed by atoms with Crippen LogP contribution in [0.3, 0.4) is 0 Å². The minimum absolute atomic E-state index is 0.860. The second kappa shape index (κ2) is 5.15. The van der Waals surface area contributed by atoms with E-state index in [0.717, 1.165) is 44.1 Å². The van der Waals surface area contributed by atoms with Gasteiger partial charge in [-0.3, -0.25) is 4.98 Å². The lowest BCUT2D eigenvalue weighted by Crippen LogP contribution is -2.30. The van der Waals surface area contributed by atoms with Gasteiger partial charge in [0, 0.05) is 34.5 Å². The van der Waals surface area contributed by atoms with Crippen molar-refractivity contribution >= 4 is 32.8 Å². The molecule has 0 amide bonds. The Labute approximate surface area is 145 Å². The number of hydrogen-bond donors (Lipinski definition) is 0. The maximum Gasteiger partial charge on any atom is 0.216 e. The quantitative estimate of drug-likeness (QED) is 0.409. The lowest BCUT2D eigenvalue weighted by Gasteiger charge is -2.04. The van der Waals surface area contributed by atoms with Gasteiger partial charge in [-0.15, -0.1) is 0 Å². The maximum absolute atomic E-state index is 6.41. The number of aryl methyl sites for hydroxylation is 2. The number of aromatic nitrogens is 2.